The average molecular weight is 289 g/mol. The molecule has 2 N–H and O–H groups in total. The zero-order valence-electron chi connectivity index (χ0n) is 8.92. The van der Waals surface area contributed by atoms with Gasteiger partial charge in [-0.05, 0) is 60.4 Å². The second-order valence-electron chi connectivity index (χ2n) is 4.13. The number of rotatable bonds is 4. The SMILES string of the molecule is CC1NCCC1CNCc1ccc(Br)s1. The molecule has 2 heterocycles. The van der Waals surface area contributed by atoms with Crippen LogP contribution in [-0.2, 0) is 6.54 Å². The molecule has 1 saturated heterocycles. The van der Waals surface area contributed by atoms with Crippen molar-refractivity contribution in [2.24, 2.45) is 5.92 Å². The molecule has 1 fully saturated rings. The van der Waals surface area contributed by atoms with Gasteiger partial charge in [-0.25, -0.2) is 0 Å². The van der Waals surface area contributed by atoms with E-state index in [4.69, 9.17) is 0 Å². The maximum atomic E-state index is 3.54. The Kier molecular flexibility index (Phi) is 4.20. The van der Waals surface area contributed by atoms with Crippen LogP contribution in [0.15, 0.2) is 15.9 Å². The molecule has 1 aromatic rings. The smallest absolute Gasteiger partial charge is 0.0701 e. The molecule has 0 radical (unpaired) electrons. The van der Waals surface area contributed by atoms with Crippen molar-refractivity contribution in [2.45, 2.75) is 25.9 Å². The molecule has 0 amide bonds. The summed E-state index contributed by atoms with van der Waals surface area (Å²) in [5.41, 5.74) is 0. The summed E-state index contributed by atoms with van der Waals surface area (Å²) in [5.74, 6) is 0.799. The standard InChI is InChI=1S/C11H17BrN2S/c1-8-9(4-5-14-8)6-13-7-10-2-3-11(12)15-10/h2-3,8-9,13-14H,4-7H2,1H3. The Bertz CT molecular complexity index is 313. The van der Waals surface area contributed by atoms with E-state index in [1.807, 2.05) is 11.3 Å². The average Bonchev–Trinajstić information content (AvgIpc) is 2.77. The number of halogens is 1. The molecule has 0 saturated carbocycles. The lowest BCUT2D eigenvalue weighted by Gasteiger charge is -2.15. The Morgan fingerprint density at radius 2 is 2.47 bits per heavy atom. The van der Waals surface area contributed by atoms with Crippen LogP contribution in [0, 0.1) is 5.92 Å². The Hall–Kier alpha value is 0.1000. The number of thiophene rings is 1. The van der Waals surface area contributed by atoms with Gasteiger partial charge in [-0.15, -0.1) is 11.3 Å². The molecule has 2 rings (SSSR count). The van der Waals surface area contributed by atoms with Gasteiger partial charge in [0.1, 0.15) is 0 Å². The van der Waals surface area contributed by atoms with Crippen LogP contribution < -0.4 is 10.6 Å². The molecule has 1 aliphatic heterocycles. The van der Waals surface area contributed by atoms with E-state index in [-0.39, 0.29) is 0 Å². The fourth-order valence-electron chi connectivity index (χ4n) is 2.02. The first-order valence-electron chi connectivity index (χ1n) is 5.44. The second-order valence-corrected chi connectivity index (χ2v) is 6.68. The molecule has 84 valence electrons. The Morgan fingerprint density at radius 1 is 1.60 bits per heavy atom. The van der Waals surface area contributed by atoms with Gasteiger partial charge >= 0.3 is 0 Å². The molecule has 4 heteroatoms. The number of hydrogen-bond acceptors (Lipinski definition) is 3. The highest BCUT2D eigenvalue weighted by atomic mass is 79.9. The van der Waals surface area contributed by atoms with E-state index in [0.29, 0.717) is 6.04 Å². The van der Waals surface area contributed by atoms with E-state index < -0.39 is 0 Å². The minimum absolute atomic E-state index is 0.674. The monoisotopic (exact) mass is 288 g/mol. The van der Waals surface area contributed by atoms with Gasteiger partial charge in [-0.2, -0.15) is 0 Å². The predicted molar refractivity (Wildman–Crippen MR) is 69.3 cm³/mol. The molecule has 1 aromatic heterocycles. The van der Waals surface area contributed by atoms with E-state index >= 15 is 0 Å². The van der Waals surface area contributed by atoms with Crippen LogP contribution in [0.4, 0.5) is 0 Å². The van der Waals surface area contributed by atoms with Gasteiger partial charge in [0.2, 0.25) is 0 Å². The van der Waals surface area contributed by atoms with Crippen molar-refractivity contribution < 1.29 is 0 Å². The topological polar surface area (TPSA) is 24.1 Å². The van der Waals surface area contributed by atoms with E-state index in [2.05, 4.69) is 45.6 Å². The molecular weight excluding hydrogens is 272 g/mol. The summed E-state index contributed by atoms with van der Waals surface area (Å²) in [6, 6.07) is 4.96. The number of hydrogen-bond donors (Lipinski definition) is 2. The summed E-state index contributed by atoms with van der Waals surface area (Å²) in [7, 11) is 0. The van der Waals surface area contributed by atoms with E-state index in [1.165, 1.54) is 21.6 Å². The van der Waals surface area contributed by atoms with Crippen LogP contribution in [0.1, 0.15) is 18.2 Å². The lowest BCUT2D eigenvalue weighted by atomic mass is 10.0. The lowest BCUT2D eigenvalue weighted by Crippen LogP contribution is -2.30. The van der Waals surface area contributed by atoms with Gasteiger partial charge in [0.05, 0.1) is 3.79 Å². The summed E-state index contributed by atoms with van der Waals surface area (Å²) in [6.45, 7) is 5.59. The first kappa shape index (κ1) is 11.6. The zero-order chi connectivity index (χ0) is 10.7. The molecule has 0 aliphatic carbocycles. The van der Waals surface area contributed by atoms with Crippen LogP contribution in [-0.4, -0.2) is 19.1 Å². The summed E-state index contributed by atoms with van der Waals surface area (Å²) in [6.07, 6.45) is 1.31. The molecule has 0 aromatic carbocycles. The Labute approximate surface area is 104 Å². The fraction of sp³-hybridized carbons (Fsp3) is 0.636. The Balaban J connectivity index is 1.70. The highest BCUT2D eigenvalue weighted by Gasteiger charge is 2.21. The van der Waals surface area contributed by atoms with Crippen molar-refractivity contribution in [1.82, 2.24) is 10.6 Å². The van der Waals surface area contributed by atoms with Gasteiger partial charge in [0.15, 0.2) is 0 Å². The van der Waals surface area contributed by atoms with Gasteiger partial charge in [-0.1, -0.05) is 0 Å². The molecule has 15 heavy (non-hydrogen) atoms. The highest BCUT2D eigenvalue weighted by Crippen LogP contribution is 2.22. The highest BCUT2D eigenvalue weighted by molar-refractivity contribution is 9.11. The van der Waals surface area contributed by atoms with Crippen molar-refractivity contribution in [2.75, 3.05) is 13.1 Å². The van der Waals surface area contributed by atoms with E-state index in [9.17, 15) is 0 Å². The van der Waals surface area contributed by atoms with Crippen LogP contribution in [0.5, 0.6) is 0 Å². The first-order valence-corrected chi connectivity index (χ1v) is 7.05. The molecule has 0 spiro atoms. The zero-order valence-corrected chi connectivity index (χ0v) is 11.3. The summed E-state index contributed by atoms with van der Waals surface area (Å²) in [5, 5.41) is 7.01. The summed E-state index contributed by atoms with van der Waals surface area (Å²) in [4.78, 5) is 1.40. The maximum absolute atomic E-state index is 3.54. The van der Waals surface area contributed by atoms with Crippen molar-refractivity contribution in [1.29, 1.82) is 0 Å². The summed E-state index contributed by atoms with van der Waals surface area (Å²) >= 11 is 5.29. The third-order valence-electron chi connectivity index (χ3n) is 3.02. The second kappa shape index (κ2) is 5.43. The van der Waals surface area contributed by atoms with Crippen molar-refractivity contribution in [3.8, 4) is 0 Å². The van der Waals surface area contributed by atoms with E-state index in [1.54, 1.807) is 0 Å². The van der Waals surface area contributed by atoms with Gasteiger partial charge < -0.3 is 10.6 Å². The fourth-order valence-corrected chi connectivity index (χ4v) is 3.47. The third-order valence-corrected chi connectivity index (χ3v) is 4.65. The quantitative estimate of drug-likeness (QED) is 0.890. The molecule has 2 atom stereocenters. The predicted octanol–water partition coefficient (Wildman–Crippen LogP) is 2.60. The van der Waals surface area contributed by atoms with Gasteiger partial charge in [-0.3, -0.25) is 0 Å². The summed E-state index contributed by atoms with van der Waals surface area (Å²) < 4.78 is 1.22. The van der Waals surface area contributed by atoms with E-state index in [0.717, 1.165) is 19.0 Å². The van der Waals surface area contributed by atoms with Gasteiger partial charge in [0.25, 0.3) is 0 Å². The van der Waals surface area contributed by atoms with Crippen molar-refractivity contribution in [3.05, 3.63) is 20.8 Å². The number of nitrogens with one attached hydrogen (secondary N) is 2. The Morgan fingerprint density at radius 3 is 3.07 bits per heavy atom. The molecule has 1 aliphatic rings. The van der Waals surface area contributed by atoms with Gasteiger partial charge in [0, 0.05) is 17.5 Å². The molecule has 0 bridgehead atoms. The van der Waals surface area contributed by atoms with Crippen LogP contribution in [0.3, 0.4) is 0 Å². The van der Waals surface area contributed by atoms with Crippen LogP contribution >= 0.6 is 27.3 Å². The largest absolute Gasteiger partial charge is 0.314 e. The van der Waals surface area contributed by atoms with Crippen LogP contribution in [0.25, 0.3) is 0 Å². The molecular formula is C11H17BrN2S. The molecule has 2 nitrogen and oxygen atoms in total. The maximum Gasteiger partial charge on any atom is 0.0701 e. The third kappa shape index (κ3) is 3.28. The molecule has 2 unspecified atom stereocenters. The lowest BCUT2D eigenvalue weighted by molar-refractivity contribution is 0.440. The van der Waals surface area contributed by atoms with Crippen LogP contribution in [0.2, 0.25) is 0 Å². The van der Waals surface area contributed by atoms with Crippen molar-refractivity contribution >= 4 is 27.3 Å². The first-order chi connectivity index (χ1) is 7.25. The minimum atomic E-state index is 0.674. The minimum Gasteiger partial charge on any atom is -0.314 e. The van der Waals surface area contributed by atoms with Crippen molar-refractivity contribution in [3.63, 3.8) is 0 Å². The normalized spacial score (nSPS) is 26.0.